The van der Waals surface area contributed by atoms with Crippen molar-refractivity contribution in [1.82, 2.24) is 16.0 Å². The monoisotopic (exact) mass is 524 g/mol. The maximum atomic E-state index is 11.9. The highest BCUT2D eigenvalue weighted by Gasteiger charge is 2.12. The van der Waals surface area contributed by atoms with Crippen LogP contribution in [0.1, 0.15) is 31.2 Å². The van der Waals surface area contributed by atoms with Crippen molar-refractivity contribution in [2.45, 2.75) is 26.4 Å². The number of hydrogen-bond acceptors (Lipinski definition) is 3. The van der Waals surface area contributed by atoms with Crippen LogP contribution < -0.4 is 16.0 Å². The summed E-state index contributed by atoms with van der Waals surface area (Å²) in [5.41, 5.74) is 0.893. The van der Waals surface area contributed by atoms with Crippen molar-refractivity contribution in [3.63, 3.8) is 0 Å². The molecular weight excluding hydrogens is 502 g/mol. The molecule has 0 fully saturated rings. The summed E-state index contributed by atoms with van der Waals surface area (Å²) >= 11 is 12.2. The average molecular weight is 525 g/mol. The Balaban J connectivity index is 0.00000364. The van der Waals surface area contributed by atoms with Gasteiger partial charge in [0.25, 0.3) is 0 Å². The van der Waals surface area contributed by atoms with E-state index in [1.165, 1.54) is 0 Å². The third kappa shape index (κ3) is 7.98. The molecule has 27 heavy (non-hydrogen) atoms. The quantitative estimate of drug-likeness (QED) is 0.289. The molecule has 2 rings (SSSR count). The summed E-state index contributed by atoms with van der Waals surface area (Å²) in [6.45, 7) is 4.91. The van der Waals surface area contributed by atoms with Gasteiger partial charge in [0.15, 0.2) is 5.96 Å². The van der Waals surface area contributed by atoms with Crippen LogP contribution in [0.5, 0.6) is 0 Å². The van der Waals surface area contributed by atoms with E-state index in [1.807, 2.05) is 19.9 Å². The Bertz CT molecular complexity index is 754. The number of benzene rings is 1. The molecule has 1 aromatic heterocycles. The molecule has 9 heteroatoms. The molecule has 3 N–H and O–H groups in total. The van der Waals surface area contributed by atoms with Crippen LogP contribution >= 0.6 is 47.2 Å². The molecule has 2 aromatic rings. The minimum Gasteiger partial charge on any atom is -0.467 e. The van der Waals surface area contributed by atoms with Crippen LogP contribution in [0.25, 0.3) is 0 Å². The minimum atomic E-state index is -0.198. The molecule has 1 atom stereocenters. The number of guanidine groups is 1. The molecular formula is C18H23Cl2IN4O2. The third-order valence-electron chi connectivity index (χ3n) is 3.55. The number of carbonyl (C=O) groups is 1. The van der Waals surface area contributed by atoms with Crippen molar-refractivity contribution >= 4 is 59.0 Å². The lowest BCUT2D eigenvalue weighted by Gasteiger charge is -2.19. The van der Waals surface area contributed by atoms with Gasteiger partial charge in [-0.2, -0.15) is 0 Å². The molecule has 148 valence electrons. The molecule has 0 aliphatic heterocycles. The highest BCUT2D eigenvalue weighted by molar-refractivity contribution is 14.0. The van der Waals surface area contributed by atoms with Gasteiger partial charge in [-0.1, -0.05) is 29.3 Å². The number of nitrogens with one attached hydrogen (secondary N) is 3. The van der Waals surface area contributed by atoms with E-state index in [0.717, 1.165) is 5.56 Å². The number of aliphatic imine (C=N–C) groups is 1. The van der Waals surface area contributed by atoms with Gasteiger partial charge in [-0.15, -0.1) is 24.0 Å². The van der Waals surface area contributed by atoms with Gasteiger partial charge in [0.05, 0.1) is 18.8 Å². The molecule has 1 heterocycles. The van der Waals surface area contributed by atoms with Gasteiger partial charge in [0.1, 0.15) is 12.3 Å². The summed E-state index contributed by atoms with van der Waals surface area (Å²) in [5.74, 6) is 1.02. The van der Waals surface area contributed by atoms with Crippen molar-refractivity contribution in [2.24, 2.45) is 4.99 Å². The Morgan fingerprint density at radius 2 is 2.04 bits per heavy atom. The number of halogens is 3. The normalized spacial score (nSPS) is 12.1. The van der Waals surface area contributed by atoms with Gasteiger partial charge in [0, 0.05) is 16.6 Å². The second kappa shape index (κ2) is 12.1. The number of rotatable bonds is 7. The third-order valence-corrected chi connectivity index (χ3v) is 4.11. The van der Waals surface area contributed by atoms with Crippen LogP contribution in [0.2, 0.25) is 10.0 Å². The van der Waals surface area contributed by atoms with Crippen molar-refractivity contribution < 1.29 is 9.21 Å². The van der Waals surface area contributed by atoms with Gasteiger partial charge in [-0.3, -0.25) is 4.79 Å². The first kappa shape index (κ1) is 23.6. The Morgan fingerprint density at radius 1 is 1.26 bits per heavy atom. The molecule has 1 unspecified atom stereocenters. The fraction of sp³-hybridized carbons (Fsp3) is 0.333. The number of carbonyl (C=O) groups excluding carboxylic acids is 1. The lowest BCUT2D eigenvalue weighted by Crippen LogP contribution is -2.39. The zero-order chi connectivity index (χ0) is 18.9. The zero-order valence-electron chi connectivity index (χ0n) is 15.1. The van der Waals surface area contributed by atoms with Gasteiger partial charge in [-0.25, -0.2) is 4.99 Å². The maximum absolute atomic E-state index is 11.9. The molecule has 1 aromatic carbocycles. The standard InChI is InChI=1S/C18H22Cl2N4O2.HI/c1-3-21-18(23-11-17(25)22-10-14-5-4-8-26-14)24-12(2)15-7-6-13(19)9-16(15)20;/h4-9,12H,3,10-11H2,1-2H3,(H,22,25)(H2,21,23,24);1H. The predicted molar refractivity (Wildman–Crippen MR) is 120 cm³/mol. The fourth-order valence-electron chi connectivity index (χ4n) is 2.26. The number of amides is 1. The largest absolute Gasteiger partial charge is 0.467 e. The van der Waals surface area contributed by atoms with Crippen LogP contribution in [0.3, 0.4) is 0 Å². The van der Waals surface area contributed by atoms with Gasteiger partial charge >= 0.3 is 0 Å². The van der Waals surface area contributed by atoms with Crippen molar-refractivity contribution in [2.75, 3.05) is 13.1 Å². The Hall–Kier alpha value is -1.45. The fourth-order valence-corrected chi connectivity index (χ4v) is 2.83. The molecule has 0 spiro atoms. The second-order valence-electron chi connectivity index (χ2n) is 5.58. The molecule has 0 radical (unpaired) electrons. The Morgan fingerprint density at radius 3 is 2.67 bits per heavy atom. The van der Waals surface area contributed by atoms with Crippen molar-refractivity contribution in [3.8, 4) is 0 Å². The lowest BCUT2D eigenvalue weighted by atomic mass is 10.1. The highest BCUT2D eigenvalue weighted by Crippen LogP contribution is 2.25. The molecule has 0 saturated carbocycles. The van der Waals surface area contributed by atoms with E-state index in [-0.39, 0.29) is 42.5 Å². The first-order chi connectivity index (χ1) is 12.5. The van der Waals surface area contributed by atoms with E-state index < -0.39 is 0 Å². The minimum absolute atomic E-state index is 0. The van der Waals surface area contributed by atoms with Crippen LogP contribution in [-0.4, -0.2) is 25.0 Å². The molecule has 6 nitrogen and oxygen atoms in total. The van der Waals surface area contributed by atoms with Crippen molar-refractivity contribution in [1.29, 1.82) is 0 Å². The van der Waals surface area contributed by atoms with Crippen LogP contribution in [0.4, 0.5) is 0 Å². The number of nitrogens with zero attached hydrogens (tertiary/aromatic N) is 1. The summed E-state index contributed by atoms with van der Waals surface area (Å²) in [4.78, 5) is 16.3. The zero-order valence-corrected chi connectivity index (χ0v) is 18.9. The smallest absolute Gasteiger partial charge is 0.242 e. The maximum Gasteiger partial charge on any atom is 0.242 e. The van der Waals surface area contributed by atoms with Crippen LogP contribution in [-0.2, 0) is 11.3 Å². The molecule has 0 aliphatic rings. The van der Waals surface area contributed by atoms with Gasteiger partial charge < -0.3 is 20.4 Å². The van der Waals surface area contributed by atoms with E-state index in [4.69, 9.17) is 27.6 Å². The van der Waals surface area contributed by atoms with E-state index >= 15 is 0 Å². The van der Waals surface area contributed by atoms with E-state index in [1.54, 1.807) is 30.5 Å². The topological polar surface area (TPSA) is 78.7 Å². The summed E-state index contributed by atoms with van der Waals surface area (Å²) in [7, 11) is 0. The summed E-state index contributed by atoms with van der Waals surface area (Å²) in [6, 6.07) is 8.81. The molecule has 0 aliphatic carbocycles. The second-order valence-corrected chi connectivity index (χ2v) is 6.43. The summed E-state index contributed by atoms with van der Waals surface area (Å²) < 4.78 is 5.17. The van der Waals surface area contributed by atoms with Crippen molar-refractivity contribution in [3.05, 3.63) is 58.0 Å². The van der Waals surface area contributed by atoms with Crippen LogP contribution in [0.15, 0.2) is 46.0 Å². The first-order valence-electron chi connectivity index (χ1n) is 8.28. The van der Waals surface area contributed by atoms with Gasteiger partial charge in [0.2, 0.25) is 5.91 Å². The molecule has 0 saturated heterocycles. The van der Waals surface area contributed by atoms with E-state index in [2.05, 4.69) is 20.9 Å². The average Bonchev–Trinajstić information content (AvgIpc) is 3.11. The number of furan rings is 1. The SMILES string of the molecule is CCNC(=NCC(=O)NCc1ccco1)NC(C)c1ccc(Cl)cc1Cl.I. The van der Waals surface area contributed by atoms with E-state index in [0.29, 0.717) is 34.9 Å². The van der Waals surface area contributed by atoms with Crippen LogP contribution in [0, 0.1) is 0 Å². The molecule has 1 amide bonds. The Kier molecular flexibility index (Phi) is 10.6. The lowest BCUT2D eigenvalue weighted by molar-refractivity contribution is -0.119. The highest BCUT2D eigenvalue weighted by atomic mass is 127. The predicted octanol–water partition coefficient (Wildman–Crippen LogP) is 4.14. The van der Waals surface area contributed by atoms with E-state index in [9.17, 15) is 4.79 Å². The summed E-state index contributed by atoms with van der Waals surface area (Å²) in [6.07, 6.45) is 1.57. The Labute approximate surface area is 186 Å². The van der Waals surface area contributed by atoms with Gasteiger partial charge in [-0.05, 0) is 43.7 Å². The summed E-state index contributed by atoms with van der Waals surface area (Å²) in [5, 5.41) is 10.3. The first-order valence-corrected chi connectivity index (χ1v) is 9.04. The molecule has 0 bridgehead atoms. The number of hydrogen-bond donors (Lipinski definition) is 3.